The average Bonchev–Trinajstić information content (AvgIpc) is 3.43. The van der Waals surface area contributed by atoms with Crippen LogP contribution in [-0.2, 0) is 26.7 Å². The largest absolute Gasteiger partial charge is 0.433 e. The van der Waals surface area contributed by atoms with Gasteiger partial charge in [0, 0.05) is 26.2 Å². The van der Waals surface area contributed by atoms with E-state index in [1.54, 1.807) is 34.4 Å². The molecule has 0 N–H and O–H groups in total. The number of hydrogen-bond donors (Lipinski definition) is 0. The third-order valence-corrected chi connectivity index (χ3v) is 6.54. The number of aryl methyl sites for hydroxylation is 2. The van der Waals surface area contributed by atoms with Crippen LogP contribution in [0.5, 0.6) is 0 Å². The van der Waals surface area contributed by atoms with E-state index in [-0.39, 0.29) is 17.6 Å². The third kappa shape index (κ3) is 3.17. The van der Waals surface area contributed by atoms with E-state index in [1.165, 1.54) is 18.4 Å². The number of hydrogen-bond acceptors (Lipinski definition) is 6. The number of thiazole rings is 1. The number of pyridine rings is 1. The Morgan fingerprint density at radius 2 is 1.94 bits per heavy atom. The Hall–Kier alpha value is -3.28. The standard InChI is InChI=1S/C20H18F3N7OS/c1-10-17-11(18(29(3)27-17)12-7-16(20(21,22)23)28(2)26-12)4-5-30(10)19(31)13-6-15-14(8-24-13)25-9-32-15/h6-10H,4-5H2,1-3H3/t10-/m0/s1. The van der Waals surface area contributed by atoms with Gasteiger partial charge in [0.2, 0.25) is 0 Å². The molecule has 0 spiro atoms. The van der Waals surface area contributed by atoms with Gasteiger partial charge in [-0.3, -0.25) is 14.2 Å². The van der Waals surface area contributed by atoms with Crippen LogP contribution in [0, 0.1) is 0 Å². The van der Waals surface area contributed by atoms with Crippen molar-refractivity contribution in [2.24, 2.45) is 14.1 Å². The van der Waals surface area contributed by atoms with Gasteiger partial charge in [-0.1, -0.05) is 0 Å². The smallest absolute Gasteiger partial charge is 0.329 e. The van der Waals surface area contributed by atoms with Crippen molar-refractivity contribution in [3.05, 3.63) is 46.5 Å². The summed E-state index contributed by atoms with van der Waals surface area (Å²) in [4.78, 5) is 23.3. The van der Waals surface area contributed by atoms with E-state index in [0.717, 1.165) is 26.5 Å². The molecule has 0 aromatic carbocycles. The molecule has 4 aromatic heterocycles. The van der Waals surface area contributed by atoms with Gasteiger partial charge in [-0.15, -0.1) is 11.3 Å². The fourth-order valence-corrected chi connectivity index (χ4v) is 4.90. The monoisotopic (exact) mass is 461 g/mol. The average molecular weight is 461 g/mol. The Bertz CT molecular complexity index is 1350. The lowest BCUT2D eigenvalue weighted by atomic mass is 9.97. The number of fused-ring (bicyclic) bond motifs is 2. The molecule has 0 saturated heterocycles. The van der Waals surface area contributed by atoms with Gasteiger partial charge >= 0.3 is 6.18 Å². The lowest BCUT2D eigenvalue weighted by molar-refractivity contribution is -0.143. The normalized spacial score (nSPS) is 16.6. The van der Waals surface area contributed by atoms with E-state index in [4.69, 9.17) is 0 Å². The molecule has 4 aromatic rings. The zero-order chi connectivity index (χ0) is 22.8. The molecule has 0 aliphatic carbocycles. The summed E-state index contributed by atoms with van der Waals surface area (Å²) in [6, 6.07) is 2.40. The number of carbonyl (C=O) groups is 1. The minimum atomic E-state index is -4.50. The zero-order valence-electron chi connectivity index (χ0n) is 17.4. The summed E-state index contributed by atoms with van der Waals surface area (Å²) in [6.45, 7) is 2.25. The second-order valence-corrected chi connectivity index (χ2v) is 8.57. The molecule has 0 fully saturated rings. The SMILES string of the molecule is C[C@H]1c2nn(C)c(-c3cc(C(F)(F)F)n(C)n3)c2CCN1C(=O)c1cc2scnc2cn1. The molecule has 0 unspecified atom stereocenters. The summed E-state index contributed by atoms with van der Waals surface area (Å²) >= 11 is 1.44. The first-order valence-electron chi connectivity index (χ1n) is 9.82. The van der Waals surface area contributed by atoms with Crippen molar-refractivity contribution in [3.63, 3.8) is 0 Å². The fraction of sp³-hybridized carbons (Fsp3) is 0.350. The maximum atomic E-state index is 13.2. The van der Waals surface area contributed by atoms with Crippen molar-refractivity contribution < 1.29 is 18.0 Å². The number of alkyl halides is 3. The van der Waals surface area contributed by atoms with Crippen molar-refractivity contribution >= 4 is 27.5 Å². The first-order chi connectivity index (χ1) is 15.1. The number of carbonyl (C=O) groups excluding carboxylic acids is 1. The number of nitrogens with zero attached hydrogens (tertiary/aromatic N) is 7. The van der Waals surface area contributed by atoms with Gasteiger partial charge < -0.3 is 4.90 Å². The molecule has 0 saturated carbocycles. The molecular formula is C20H18F3N7OS. The van der Waals surface area contributed by atoms with E-state index in [0.29, 0.717) is 30.0 Å². The molecule has 5 heterocycles. The Morgan fingerprint density at radius 1 is 1.16 bits per heavy atom. The predicted octanol–water partition coefficient (Wildman–Crippen LogP) is 3.60. The van der Waals surface area contributed by atoms with Gasteiger partial charge in [-0.05, 0) is 25.5 Å². The van der Waals surface area contributed by atoms with Crippen LogP contribution < -0.4 is 0 Å². The molecule has 1 aliphatic heterocycles. The van der Waals surface area contributed by atoms with Crippen LogP contribution >= 0.6 is 11.3 Å². The van der Waals surface area contributed by atoms with Crippen LogP contribution in [-0.4, -0.2) is 46.9 Å². The molecule has 166 valence electrons. The molecule has 0 bridgehead atoms. The molecule has 1 amide bonds. The first kappa shape index (κ1) is 20.6. The summed E-state index contributed by atoms with van der Waals surface area (Å²) in [7, 11) is 2.94. The van der Waals surface area contributed by atoms with Crippen molar-refractivity contribution in [2.75, 3.05) is 6.54 Å². The van der Waals surface area contributed by atoms with Crippen LogP contribution in [0.3, 0.4) is 0 Å². The second kappa shape index (κ2) is 7.12. The van der Waals surface area contributed by atoms with Gasteiger partial charge in [0.15, 0.2) is 0 Å². The fourth-order valence-electron chi connectivity index (χ4n) is 4.22. The van der Waals surface area contributed by atoms with E-state index < -0.39 is 11.9 Å². The minimum Gasteiger partial charge on any atom is -0.329 e. The quantitative estimate of drug-likeness (QED) is 0.456. The lowest BCUT2D eigenvalue weighted by Crippen LogP contribution is -2.39. The summed E-state index contributed by atoms with van der Waals surface area (Å²) in [5.74, 6) is -0.220. The van der Waals surface area contributed by atoms with Crippen LogP contribution in [0.1, 0.15) is 40.4 Å². The van der Waals surface area contributed by atoms with Gasteiger partial charge in [0.25, 0.3) is 5.91 Å². The highest BCUT2D eigenvalue weighted by Crippen LogP contribution is 2.38. The van der Waals surface area contributed by atoms with Crippen molar-refractivity contribution in [1.82, 2.24) is 34.4 Å². The van der Waals surface area contributed by atoms with Crippen LogP contribution in [0.25, 0.3) is 21.6 Å². The Labute approximate surface area is 184 Å². The zero-order valence-corrected chi connectivity index (χ0v) is 18.2. The van der Waals surface area contributed by atoms with Crippen molar-refractivity contribution in [1.29, 1.82) is 0 Å². The van der Waals surface area contributed by atoms with Crippen LogP contribution in [0.2, 0.25) is 0 Å². The van der Waals surface area contributed by atoms with Gasteiger partial charge in [0.05, 0.1) is 39.4 Å². The number of amides is 1. The van der Waals surface area contributed by atoms with E-state index in [2.05, 4.69) is 20.2 Å². The molecular weight excluding hydrogens is 443 g/mol. The molecule has 5 rings (SSSR count). The maximum Gasteiger partial charge on any atom is 0.433 e. The summed E-state index contributed by atoms with van der Waals surface area (Å²) in [5.41, 5.74) is 4.15. The number of rotatable bonds is 2. The van der Waals surface area contributed by atoms with Gasteiger partial charge in [-0.25, -0.2) is 9.97 Å². The predicted molar refractivity (Wildman–Crippen MR) is 111 cm³/mol. The second-order valence-electron chi connectivity index (χ2n) is 7.69. The summed E-state index contributed by atoms with van der Waals surface area (Å²) in [6.07, 6.45) is -2.46. The van der Waals surface area contributed by atoms with Gasteiger partial charge in [-0.2, -0.15) is 23.4 Å². The molecule has 32 heavy (non-hydrogen) atoms. The van der Waals surface area contributed by atoms with E-state index in [1.807, 2.05) is 6.92 Å². The Balaban J connectivity index is 1.49. The highest BCUT2D eigenvalue weighted by atomic mass is 32.1. The topological polar surface area (TPSA) is 81.7 Å². The van der Waals surface area contributed by atoms with E-state index >= 15 is 0 Å². The maximum absolute atomic E-state index is 13.2. The van der Waals surface area contributed by atoms with Crippen LogP contribution in [0.15, 0.2) is 23.8 Å². The Morgan fingerprint density at radius 3 is 2.66 bits per heavy atom. The van der Waals surface area contributed by atoms with Crippen LogP contribution in [0.4, 0.5) is 13.2 Å². The minimum absolute atomic E-state index is 0.209. The number of halogens is 3. The third-order valence-electron chi connectivity index (χ3n) is 5.75. The Kier molecular flexibility index (Phi) is 4.59. The molecule has 0 radical (unpaired) electrons. The molecule has 12 heteroatoms. The first-order valence-corrected chi connectivity index (χ1v) is 10.7. The molecule has 8 nitrogen and oxygen atoms in total. The molecule has 1 atom stereocenters. The van der Waals surface area contributed by atoms with E-state index in [9.17, 15) is 18.0 Å². The van der Waals surface area contributed by atoms with Gasteiger partial charge in [0.1, 0.15) is 17.1 Å². The highest BCUT2D eigenvalue weighted by molar-refractivity contribution is 7.16. The van der Waals surface area contributed by atoms with Crippen molar-refractivity contribution in [3.8, 4) is 11.4 Å². The van der Waals surface area contributed by atoms with Crippen molar-refractivity contribution in [2.45, 2.75) is 25.6 Å². The number of aromatic nitrogens is 6. The highest BCUT2D eigenvalue weighted by Gasteiger charge is 2.38. The molecule has 1 aliphatic rings. The summed E-state index contributed by atoms with van der Waals surface area (Å²) < 4.78 is 43.0. The summed E-state index contributed by atoms with van der Waals surface area (Å²) in [5, 5.41) is 8.62. The lowest BCUT2D eigenvalue weighted by Gasteiger charge is -2.32.